The molecule has 0 aliphatic carbocycles. The summed E-state index contributed by atoms with van der Waals surface area (Å²) in [6.07, 6.45) is 9.24. The van der Waals surface area contributed by atoms with Gasteiger partial charge in [0.25, 0.3) is 0 Å². The van der Waals surface area contributed by atoms with Gasteiger partial charge in [-0.05, 0) is 12.8 Å². The van der Waals surface area contributed by atoms with Crippen molar-refractivity contribution in [3.63, 3.8) is 0 Å². The average molecular weight is 262 g/mol. The molecule has 0 aliphatic heterocycles. The van der Waals surface area contributed by atoms with E-state index >= 15 is 0 Å². The van der Waals surface area contributed by atoms with E-state index < -0.39 is 0 Å². The predicted octanol–water partition coefficient (Wildman–Crippen LogP) is 1.62. The second kappa shape index (κ2) is 6.12. The second-order valence-corrected chi connectivity index (χ2v) is 5.02. The largest absolute Gasteiger partial charge is 0.396 e. The van der Waals surface area contributed by atoms with Crippen molar-refractivity contribution in [3.05, 3.63) is 30.5 Å². The lowest BCUT2D eigenvalue weighted by Crippen LogP contribution is -2.36. The Kier molecular flexibility index (Phi) is 4.50. The standard InChI is InChI=1S/C14H22N4O/c1-3-14(4-2,11-19)10-16-7-12-8-17-13-9-15-5-6-18(12)13/h5-6,8-9,16,19H,3-4,7,10-11H2,1-2H3. The molecule has 104 valence electrons. The molecule has 0 aromatic carbocycles. The van der Waals surface area contributed by atoms with Crippen LogP contribution in [0.4, 0.5) is 0 Å². The first-order valence-corrected chi connectivity index (χ1v) is 6.82. The molecule has 0 radical (unpaired) electrons. The van der Waals surface area contributed by atoms with Crippen LogP contribution in [0.3, 0.4) is 0 Å². The van der Waals surface area contributed by atoms with Gasteiger partial charge in [-0.1, -0.05) is 13.8 Å². The average Bonchev–Trinajstić information content (AvgIpc) is 2.88. The van der Waals surface area contributed by atoms with E-state index in [0.717, 1.165) is 37.3 Å². The highest BCUT2D eigenvalue weighted by molar-refractivity contribution is 5.36. The van der Waals surface area contributed by atoms with Crippen LogP contribution >= 0.6 is 0 Å². The molecule has 19 heavy (non-hydrogen) atoms. The minimum absolute atomic E-state index is 0.0119. The van der Waals surface area contributed by atoms with Crippen LogP contribution in [-0.4, -0.2) is 32.6 Å². The molecular formula is C14H22N4O. The highest BCUT2D eigenvalue weighted by atomic mass is 16.3. The van der Waals surface area contributed by atoms with Crippen molar-refractivity contribution < 1.29 is 5.11 Å². The van der Waals surface area contributed by atoms with Crippen LogP contribution in [0.2, 0.25) is 0 Å². The van der Waals surface area contributed by atoms with Crippen LogP contribution in [0, 0.1) is 5.41 Å². The number of nitrogens with zero attached hydrogens (tertiary/aromatic N) is 3. The van der Waals surface area contributed by atoms with E-state index in [1.807, 2.05) is 16.8 Å². The van der Waals surface area contributed by atoms with Crippen molar-refractivity contribution >= 4 is 5.65 Å². The second-order valence-electron chi connectivity index (χ2n) is 5.02. The molecule has 2 aromatic heterocycles. The number of nitrogens with one attached hydrogen (secondary N) is 1. The minimum Gasteiger partial charge on any atom is -0.396 e. The highest BCUT2D eigenvalue weighted by Gasteiger charge is 2.24. The van der Waals surface area contributed by atoms with E-state index in [1.165, 1.54) is 0 Å². The maximum absolute atomic E-state index is 9.54. The van der Waals surface area contributed by atoms with E-state index in [2.05, 4.69) is 29.1 Å². The van der Waals surface area contributed by atoms with E-state index in [0.29, 0.717) is 0 Å². The van der Waals surface area contributed by atoms with Gasteiger partial charge >= 0.3 is 0 Å². The highest BCUT2D eigenvalue weighted by Crippen LogP contribution is 2.24. The van der Waals surface area contributed by atoms with Crippen molar-refractivity contribution in [3.8, 4) is 0 Å². The predicted molar refractivity (Wildman–Crippen MR) is 74.8 cm³/mol. The lowest BCUT2D eigenvalue weighted by Gasteiger charge is -2.29. The summed E-state index contributed by atoms with van der Waals surface area (Å²) in [6, 6.07) is 0. The zero-order chi connectivity index (χ0) is 13.7. The van der Waals surface area contributed by atoms with Gasteiger partial charge in [0.2, 0.25) is 0 Å². The minimum atomic E-state index is -0.0119. The third kappa shape index (κ3) is 2.93. The molecule has 0 spiro atoms. The maximum Gasteiger partial charge on any atom is 0.155 e. The van der Waals surface area contributed by atoms with Gasteiger partial charge in [0.1, 0.15) is 0 Å². The lowest BCUT2D eigenvalue weighted by molar-refractivity contribution is 0.113. The summed E-state index contributed by atoms with van der Waals surface area (Å²) in [5.74, 6) is 0. The Morgan fingerprint density at radius 3 is 2.79 bits per heavy atom. The Hall–Kier alpha value is -1.46. The summed E-state index contributed by atoms with van der Waals surface area (Å²) in [6.45, 7) is 6.04. The van der Waals surface area contributed by atoms with E-state index in [-0.39, 0.29) is 12.0 Å². The van der Waals surface area contributed by atoms with Gasteiger partial charge in [-0.15, -0.1) is 0 Å². The SMILES string of the molecule is CCC(CC)(CO)CNCc1cnc2cnccn12. The quantitative estimate of drug-likeness (QED) is 0.796. The van der Waals surface area contributed by atoms with Crippen LogP contribution in [0.1, 0.15) is 32.4 Å². The van der Waals surface area contributed by atoms with Gasteiger partial charge in [-0.25, -0.2) is 4.98 Å². The monoisotopic (exact) mass is 262 g/mol. The van der Waals surface area contributed by atoms with Crippen LogP contribution in [-0.2, 0) is 6.54 Å². The zero-order valence-corrected chi connectivity index (χ0v) is 11.6. The number of aliphatic hydroxyl groups is 1. The first-order chi connectivity index (χ1) is 9.24. The Balaban J connectivity index is 1.99. The van der Waals surface area contributed by atoms with Crippen molar-refractivity contribution in [2.75, 3.05) is 13.2 Å². The number of rotatable bonds is 7. The molecule has 0 amide bonds. The first kappa shape index (κ1) is 14.0. The lowest BCUT2D eigenvalue weighted by atomic mass is 9.83. The Morgan fingerprint density at radius 2 is 2.11 bits per heavy atom. The van der Waals surface area contributed by atoms with Crippen LogP contribution < -0.4 is 5.32 Å². The van der Waals surface area contributed by atoms with Crippen molar-refractivity contribution in [2.24, 2.45) is 5.41 Å². The summed E-state index contributed by atoms with van der Waals surface area (Å²) in [5.41, 5.74) is 1.96. The normalized spacial score (nSPS) is 12.2. The third-order valence-corrected chi connectivity index (χ3v) is 4.04. The summed E-state index contributed by atoms with van der Waals surface area (Å²) >= 11 is 0. The van der Waals surface area contributed by atoms with Crippen LogP contribution in [0.15, 0.2) is 24.8 Å². The number of hydrogen-bond acceptors (Lipinski definition) is 4. The summed E-state index contributed by atoms with van der Waals surface area (Å²) in [4.78, 5) is 8.35. The van der Waals surface area contributed by atoms with E-state index in [4.69, 9.17) is 0 Å². The van der Waals surface area contributed by atoms with E-state index in [1.54, 1.807) is 12.4 Å². The fourth-order valence-corrected chi connectivity index (χ4v) is 2.26. The molecule has 2 N–H and O–H groups in total. The van der Waals surface area contributed by atoms with Crippen molar-refractivity contribution in [1.29, 1.82) is 0 Å². The Bertz CT molecular complexity index is 511. The number of aromatic nitrogens is 3. The molecule has 2 rings (SSSR count). The molecular weight excluding hydrogens is 240 g/mol. The number of hydrogen-bond donors (Lipinski definition) is 2. The molecule has 5 heteroatoms. The first-order valence-electron chi connectivity index (χ1n) is 6.82. The van der Waals surface area contributed by atoms with Gasteiger partial charge in [0.15, 0.2) is 5.65 Å². The smallest absolute Gasteiger partial charge is 0.155 e. The summed E-state index contributed by atoms with van der Waals surface area (Å²) < 4.78 is 2.03. The van der Waals surface area contributed by atoms with Gasteiger partial charge in [0, 0.05) is 37.5 Å². The molecule has 2 aromatic rings. The Labute approximate surface area is 113 Å². The number of fused-ring (bicyclic) bond motifs is 1. The van der Waals surface area contributed by atoms with Gasteiger partial charge in [-0.3, -0.25) is 9.38 Å². The van der Waals surface area contributed by atoms with Crippen LogP contribution in [0.5, 0.6) is 0 Å². The molecule has 0 unspecified atom stereocenters. The molecule has 0 atom stereocenters. The van der Waals surface area contributed by atoms with Crippen LogP contribution in [0.25, 0.3) is 5.65 Å². The van der Waals surface area contributed by atoms with Gasteiger partial charge < -0.3 is 10.4 Å². The fraction of sp³-hybridized carbons (Fsp3) is 0.571. The third-order valence-electron chi connectivity index (χ3n) is 4.04. The molecule has 0 bridgehead atoms. The molecule has 0 saturated heterocycles. The topological polar surface area (TPSA) is 62.5 Å². The fourth-order valence-electron chi connectivity index (χ4n) is 2.26. The summed E-state index contributed by atoms with van der Waals surface area (Å²) in [7, 11) is 0. The maximum atomic E-state index is 9.54. The van der Waals surface area contributed by atoms with Gasteiger partial charge in [0.05, 0.1) is 18.1 Å². The van der Waals surface area contributed by atoms with E-state index in [9.17, 15) is 5.11 Å². The molecule has 2 heterocycles. The molecule has 0 saturated carbocycles. The molecule has 5 nitrogen and oxygen atoms in total. The van der Waals surface area contributed by atoms with Crippen molar-refractivity contribution in [1.82, 2.24) is 19.7 Å². The number of imidazole rings is 1. The van der Waals surface area contributed by atoms with Gasteiger partial charge in [-0.2, -0.15) is 0 Å². The zero-order valence-electron chi connectivity index (χ0n) is 11.6. The summed E-state index contributed by atoms with van der Waals surface area (Å²) in [5, 5.41) is 13.0. The molecule has 0 aliphatic rings. The number of aliphatic hydroxyl groups excluding tert-OH is 1. The molecule has 0 fully saturated rings. The van der Waals surface area contributed by atoms with Crippen molar-refractivity contribution in [2.45, 2.75) is 33.2 Å². The Morgan fingerprint density at radius 1 is 1.32 bits per heavy atom.